The van der Waals surface area contributed by atoms with Crippen LogP contribution >= 0.6 is 0 Å². The number of rotatable bonds is 2. The maximum Gasteiger partial charge on any atom is 0.417 e. The van der Waals surface area contributed by atoms with Crippen molar-refractivity contribution in [3.8, 4) is 0 Å². The van der Waals surface area contributed by atoms with E-state index < -0.39 is 11.7 Å². The fourth-order valence-electron chi connectivity index (χ4n) is 2.92. The zero-order chi connectivity index (χ0) is 18.4. The molecule has 2 aromatic carbocycles. The number of carbonyl (C=O) groups is 1. The molecule has 1 heterocycles. The molecule has 128 valence electrons. The molecule has 0 amide bonds. The van der Waals surface area contributed by atoms with Crippen LogP contribution in [0.25, 0.3) is 10.9 Å². The largest absolute Gasteiger partial charge is 0.417 e. The maximum absolute atomic E-state index is 13.1. The van der Waals surface area contributed by atoms with Gasteiger partial charge in [0.15, 0.2) is 0 Å². The smallest absolute Gasteiger partial charge is 0.283 e. The molecule has 0 spiro atoms. The van der Waals surface area contributed by atoms with E-state index >= 15 is 0 Å². The Morgan fingerprint density at radius 2 is 1.84 bits per heavy atom. The second kappa shape index (κ2) is 5.88. The van der Waals surface area contributed by atoms with Crippen LogP contribution in [0.1, 0.15) is 27.0 Å². The third-order valence-corrected chi connectivity index (χ3v) is 4.20. The summed E-state index contributed by atoms with van der Waals surface area (Å²) in [5, 5.41) is 0.00195. The third kappa shape index (κ3) is 2.84. The summed E-state index contributed by atoms with van der Waals surface area (Å²) in [6, 6.07) is 8.56. The SMILES string of the molecule is C=Nc1cc(C)c(C(=O)n2ccc3c(C(F)(F)F)cccc32)cc1C. The van der Waals surface area contributed by atoms with Gasteiger partial charge in [0.25, 0.3) is 5.91 Å². The van der Waals surface area contributed by atoms with Crippen molar-refractivity contribution in [3.05, 3.63) is 64.8 Å². The van der Waals surface area contributed by atoms with E-state index in [2.05, 4.69) is 11.7 Å². The molecule has 3 nitrogen and oxygen atoms in total. The van der Waals surface area contributed by atoms with Crippen LogP contribution in [0.5, 0.6) is 0 Å². The van der Waals surface area contributed by atoms with Crippen LogP contribution in [0.2, 0.25) is 0 Å². The standard InChI is InChI=1S/C19H15F3N2O/c1-11-10-16(23-3)12(2)9-14(11)18(25)24-8-7-13-15(19(20,21)22)5-4-6-17(13)24/h4-10H,3H2,1-2H3. The van der Waals surface area contributed by atoms with Gasteiger partial charge in [-0.15, -0.1) is 0 Å². The highest BCUT2D eigenvalue weighted by molar-refractivity contribution is 6.04. The quantitative estimate of drug-likeness (QED) is 0.581. The van der Waals surface area contributed by atoms with Gasteiger partial charge in [0.1, 0.15) is 0 Å². The normalized spacial score (nSPS) is 11.7. The highest BCUT2D eigenvalue weighted by Gasteiger charge is 2.33. The number of alkyl halides is 3. The van der Waals surface area contributed by atoms with Gasteiger partial charge in [-0.25, -0.2) is 0 Å². The van der Waals surface area contributed by atoms with Crippen molar-refractivity contribution < 1.29 is 18.0 Å². The number of nitrogens with zero attached hydrogens (tertiary/aromatic N) is 2. The average Bonchev–Trinajstić information content (AvgIpc) is 2.98. The van der Waals surface area contributed by atoms with Crippen LogP contribution in [0, 0.1) is 13.8 Å². The Labute approximate surface area is 142 Å². The second-order valence-corrected chi connectivity index (χ2v) is 5.84. The van der Waals surface area contributed by atoms with Gasteiger partial charge in [-0.2, -0.15) is 13.2 Å². The summed E-state index contributed by atoms with van der Waals surface area (Å²) in [5.74, 6) is -0.384. The Kier molecular flexibility index (Phi) is 3.99. The summed E-state index contributed by atoms with van der Waals surface area (Å²) in [6.07, 6.45) is -3.10. The first-order valence-electron chi connectivity index (χ1n) is 7.54. The maximum atomic E-state index is 13.1. The zero-order valence-corrected chi connectivity index (χ0v) is 13.7. The number of aromatic nitrogens is 1. The van der Waals surface area contributed by atoms with Gasteiger partial charge in [-0.05, 0) is 62.0 Å². The third-order valence-electron chi connectivity index (χ3n) is 4.20. The number of carbonyl (C=O) groups excluding carboxylic acids is 1. The minimum atomic E-state index is -4.47. The number of halogens is 3. The molecule has 0 fully saturated rings. The Hall–Kier alpha value is -2.89. The van der Waals surface area contributed by atoms with Crippen LogP contribution in [0.4, 0.5) is 18.9 Å². The number of aliphatic imine (C=N–C) groups is 1. The summed E-state index contributed by atoms with van der Waals surface area (Å²) >= 11 is 0. The summed E-state index contributed by atoms with van der Waals surface area (Å²) in [5.41, 5.74) is 2.02. The molecule has 3 aromatic rings. The Balaban J connectivity index is 2.17. The number of fused-ring (bicyclic) bond motifs is 1. The van der Waals surface area contributed by atoms with E-state index in [1.807, 2.05) is 0 Å². The van der Waals surface area contributed by atoms with E-state index in [4.69, 9.17) is 0 Å². The minimum Gasteiger partial charge on any atom is -0.283 e. The zero-order valence-electron chi connectivity index (χ0n) is 13.7. The number of benzene rings is 2. The molecule has 0 aliphatic rings. The highest BCUT2D eigenvalue weighted by atomic mass is 19.4. The topological polar surface area (TPSA) is 34.4 Å². The number of hydrogen-bond acceptors (Lipinski definition) is 2. The Morgan fingerprint density at radius 1 is 1.12 bits per heavy atom. The minimum absolute atomic E-state index is 0.00195. The first-order valence-corrected chi connectivity index (χ1v) is 7.54. The van der Waals surface area contributed by atoms with Crippen molar-refractivity contribution in [2.45, 2.75) is 20.0 Å². The average molecular weight is 344 g/mol. The molecule has 0 atom stereocenters. The predicted molar refractivity (Wildman–Crippen MR) is 91.8 cm³/mol. The van der Waals surface area contributed by atoms with Crippen molar-refractivity contribution in [2.24, 2.45) is 4.99 Å². The fourth-order valence-corrected chi connectivity index (χ4v) is 2.92. The lowest BCUT2D eigenvalue weighted by Crippen LogP contribution is -2.13. The van der Waals surface area contributed by atoms with Gasteiger partial charge >= 0.3 is 6.18 Å². The molecular formula is C19H15F3N2O. The van der Waals surface area contributed by atoms with Crippen molar-refractivity contribution in [1.29, 1.82) is 0 Å². The molecule has 0 saturated carbocycles. The lowest BCUT2D eigenvalue weighted by atomic mass is 10.0. The molecule has 25 heavy (non-hydrogen) atoms. The van der Waals surface area contributed by atoms with E-state index in [1.54, 1.807) is 26.0 Å². The molecule has 0 radical (unpaired) electrons. The molecule has 0 N–H and O–H groups in total. The molecule has 0 saturated heterocycles. The van der Waals surface area contributed by atoms with Crippen LogP contribution in [0.15, 0.2) is 47.6 Å². The van der Waals surface area contributed by atoms with E-state index in [-0.39, 0.29) is 16.8 Å². The van der Waals surface area contributed by atoms with Gasteiger partial charge in [-0.1, -0.05) is 6.07 Å². The summed E-state index contributed by atoms with van der Waals surface area (Å²) in [6.45, 7) is 7.04. The number of aryl methyl sites for hydroxylation is 2. The van der Waals surface area contributed by atoms with Gasteiger partial charge in [-0.3, -0.25) is 14.4 Å². The van der Waals surface area contributed by atoms with Crippen molar-refractivity contribution in [1.82, 2.24) is 4.57 Å². The molecule has 0 aliphatic heterocycles. The number of hydrogen-bond donors (Lipinski definition) is 0. The van der Waals surface area contributed by atoms with E-state index in [0.29, 0.717) is 16.8 Å². The van der Waals surface area contributed by atoms with Crippen LogP contribution < -0.4 is 0 Å². The Bertz CT molecular complexity index is 1000. The van der Waals surface area contributed by atoms with Crippen LogP contribution in [-0.2, 0) is 6.18 Å². The summed E-state index contributed by atoms with van der Waals surface area (Å²) in [7, 11) is 0. The summed E-state index contributed by atoms with van der Waals surface area (Å²) in [4.78, 5) is 16.8. The second-order valence-electron chi connectivity index (χ2n) is 5.84. The van der Waals surface area contributed by atoms with Gasteiger partial charge in [0.05, 0.1) is 16.8 Å². The highest BCUT2D eigenvalue weighted by Crippen LogP contribution is 2.35. The molecule has 6 heteroatoms. The van der Waals surface area contributed by atoms with Crippen molar-refractivity contribution >= 4 is 29.2 Å². The van der Waals surface area contributed by atoms with Gasteiger partial charge in [0.2, 0.25) is 0 Å². The molecule has 1 aromatic heterocycles. The summed E-state index contributed by atoms with van der Waals surface area (Å²) < 4.78 is 40.7. The first kappa shape index (κ1) is 17.0. The van der Waals surface area contributed by atoms with Gasteiger partial charge < -0.3 is 0 Å². The van der Waals surface area contributed by atoms with Crippen LogP contribution in [-0.4, -0.2) is 17.2 Å². The lowest BCUT2D eigenvalue weighted by Gasteiger charge is -2.11. The monoisotopic (exact) mass is 344 g/mol. The predicted octanol–water partition coefficient (Wildman–Crippen LogP) is 5.30. The van der Waals surface area contributed by atoms with Crippen LogP contribution in [0.3, 0.4) is 0 Å². The van der Waals surface area contributed by atoms with E-state index in [1.165, 1.54) is 29.0 Å². The molecule has 3 rings (SSSR count). The molecule has 0 bridgehead atoms. The molecule has 0 unspecified atom stereocenters. The van der Waals surface area contributed by atoms with Crippen molar-refractivity contribution in [3.63, 3.8) is 0 Å². The van der Waals surface area contributed by atoms with E-state index in [0.717, 1.165) is 11.6 Å². The Morgan fingerprint density at radius 3 is 2.48 bits per heavy atom. The molecular weight excluding hydrogens is 329 g/mol. The lowest BCUT2D eigenvalue weighted by molar-refractivity contribution is -0.136. The van der Waals surface area contributed by atoms with Crippen molar-refractivity contribution in [2.75, 3.05) is 0 Å². The van der Waals surface area contributed by atoms with Gasteiger partial charge in [0, 0.05) is 17.1 Å². The fraction of sp³-hybridized carbons (Fsp3) is 0.158. The first-order chi connectivity index (χ1) is 11.7. The van der Waals surface area contributed by atoms with E-state index in [9.17, 15) is 18.0 Å². The molecule has 0 aliphatic carbocycles.